The lowest BCUT2D eigenvalue weighted by Gasteiger charge is -2.19. The first-order valence-electron chi connectivity index (χ1n) is 34.5. The van der Waals surface area contributed by atoms with Crippen LogP contribution in [0.15, 0.2) is 0 Å². The zero-order valence-corrected chi connectivity index (χ0v) is 52.6. The van der Waals surface area contributed by atoms with Gasteiger partial charge in [0, 0.05) is 19.4 Å². The van der Waals surface area contributed by atoms with Gasteiger partial charge in [0.05, 0.1) is 13.2 Å². The molecule has 0 amide bonds. The second kappa shape index (κ2) is 64.2. The molecule has 0 heterocycles. The Morgan fingerprint density at radius 3 is 0.792 bits per heavy atom. The van der Waals surface area contributed by atoms with Crippen molar-refractivity contribution < 1.29 is 37.6 Å². The van der Waals surface area contributed by atoms with Gasteiger partial charge in [-0.05, 0) is 12.8 Å². The molecule has 77 heavy (non-hydrogen) atoms. The summed E-state index contributed by atoms with van der Waals surface area (Å²) in [6.07, 6.45) is 75.0. The molecule has 0 rings (SSSR count). The number of unbranched alkanes of at least 4 members (excludes halogenated alkanes) is 54. The molecule has 0 aromatic carbocycles. The summed E-state index contributed by atoms with van der Waals surface area (Å²) in [4.78, 5) is 35.3. The van der Waals surface area contributed by atoms with Gasteiger partial charge in [-0.25, -0.2) is 4.57 Å². The molecule has 0 saturated carbocycles. The Bertz CT molecular complexity index is 1220. The fraction of sp³-hybridized carbons (Fsp3) is 0.970. The monoisotopic (exact) mass is 1110 g/mol. The second-order valence-electron chi connectivity index (χ2n) is 23.8. The highest BCUT2D eigenvalue weighted by atomic mass is 31.2. The molecule has 0 bridgehead atoms. The SMILES string of the molecule is CCCCCCCCCCCCCCCCCCCCCCCCCCCCCCCCCCCCCCCCC(=O)OC(COC(=O)CCCCCCCCCCCCCCCCCCCC)COP(=O)(O)OCCN. The third-order valence-electron chi connectivity index (χ3n) is 16.0. The second-order valence-corrected chi connectivity index (χ2v) is 25.2. The van der Waals surface area contributed by atoms with E-state index in [-0.39, 0.29) is 38.6 Å². The summed E-state index contributed by atoms with van der Waals surface area (Å²) in [6.45, 7) is 3.83. The molecule has 0 aliphatic heterocycles. The van der Waals surface area contributed by atoms with Crippen molar-refractivity contribution in [2.45, 2.75) is 392 Å². The number of phosphoric acid groups is 1. The van der Waals surface area contributed by atoms with E-state index in [1.807, 2.05) is 0 Å². The van der Waals surface area contributed by atoms with Crippen LogP contribution in [0.5, 0.6) is 0 Å². The van der Waals surface area contributed by atoms with E-state index in [1.54, 1.807) is 0 Å². The molecule has 9 nitrogen and oxygen atoms in total. The molecule has 0 saturated heterocycles. The third-order valence-corrected chi connectivity index (χ3v) is 17.0. The first kappa shape index (κ1) is 76.0. The van der Waals surface area contributed by atoms with Crippen molar-refractivity contribution in [2.24, 2.45) is 5.73 Å². The molecule has 0 aromatic heterocycles. The Kier molecular flexibility index (Phi) is 63.4. The van der Waals surface area contributed by atoms with Crippen molar-refractivity contribution in [3.63, 3.8) is 0 Å². The molecule has 2 unspecified atom stereocenters. The molecule has 10 heteroatoms. The van der Waals surface area contributed by atoms with E-state index in [4.69, 9.17) is 24.3 Å². The van der Waals surface area contributed by atoms with E-state index >= 15 is 0 Å². The van der Waals surface area contributed by atoms with Crippen molar-refractivity contribution in [1.29, 1.82) is 0 Å². The highest BCUT2D eigenvalue weighted by molar-refractivity contribution is 7.47. The topological polar surface area (TPSA) is 134 Å². The third kappa shape index (κ3) is 64.1. The number of hydrogen-bond acceptors (Lipinski definition) is 8. The molecule has 0 radical (unpaired) electrons. The maximum Gasteiger partial charge on any atom is 0.472 e. The van der Waals surface area contributed by atoms with Crippen molar-refractivity contribution in [2.75, 3.05) is 26.4 Å². The van der Waals surface area contributed by atoms with Crippen LogP contribution in [0.4, 0.5) is 0 Å². The van der Waals surface area contributed by atoms with E-state index in [0.717, 1.165) is 32.1 Å². The van der Waals surface area contributed by atoms with Crippen LogP contribution in [0, 0.1) is 0 Å². The fourth-order valence-electron chi connectivity index (χ4n) is 10.9. The van der Waals surface area contributed by atoms with Gasteiger partial charge in [0.2, 0.25) is 0 Å². The molecule has 0 spiro atoms. The van der Waals surface area contributed by atoms with Gasteiger partial charge < -0.3 is 20.1 Å². The molecule has 0 fully saturated rings. The first-order valence-corrected chi connectivity index (χ1v) is 36.0. The van der Waals surface area contributed by atoms with Gasteiger partial charge in [0.1, 0.15) is 6.61 Å². The first-order chi connectivity index (χ1) is 37.8. The normalized spacial score (nSPS) is 12.8. The Labute approximate surface area is 479 Å². The van der Waals surface area contributed by atoms with Crippen molar-refractivity contribution in [1.82, 2.24) is 0 Å². The van der Waals surface area contributed by atoms with Crippen molar-refractivity contribution in [3.8, 4) is 0 Å². The lowest BCUT2D eigenvalue weighted by molar-refractivity contribution is -0.161. The summed E-state index contributed by atoms with van der Waals surface area (Å²) < 4.78 is 33.1. The standard InChI is InChI=1S/C67H134NO8P/c1-3-5-7-9-11-13-15-17-19-21-23-24-25-26-27-28-29-30-31-32-33-34-35-36-37-38-39-40-41-42-44-46-48-50-52-54-56-58-60-67(70)76-65(64-75-77(71,72)74-62-61-68)63-73-66(69)59-57-55-53-51-49-47-45-43-22-20-18-16-14-12-10-8-6-4-2/h65H,3-64,68H2,1-2H3,(H,71,72). The number of carbonyl (C=O) groups excluding carboxylic acids is 2. The summed E-state index contributed by atoms with van der Waals surface area (Å²) in [5.41, 5.74) is 5.39. The Morgan fingerprint density at radius 1 is 0.338 bits per heavy atom. The largest absolute Gasteiger partial charge is 0.472 e. The van der Waals surface area contributed by atoms with Crippen LogP contribution in [0.3, 0.4) is 0 Å². The summed E-state index contributed by atoms with van der Waals surface area (Å²) in [5.74, 6) is -0.800. The zero-order chi connectivity index (χ0) is 55.9. The lowest BCUT2D eigenvalue weighted by atomic mass is 10.0. The van der Waals surface area contributed by atoms with Crippen LogP contribution in [0.2, 0.25) is 0 Å². The highest BCUT2D eigenvalue weighted by Gasteiger charge is 2.26. The van der Waals surface area contributed by atoms with Gasteiger partial charge in [-0.1, -0.05) is 361 Å². The minimum atomic E-state index is -4.38. The fourth-order valence-corrected chi connectivity index (χ4v) is 11.6. The van der Waals surface area contributed by atoms with Crippen LogP contribution in [0.25, 0.3) is 0 Å². The minimum absolute atomic E-state index is 0.0587. The molecular formula is C67H134NO8P. The number of rotatable bonds is 67. The minimum Gasteiger partial charge on any atom is -0.462 e. The average Bonchev–Trinajstić information content (AvgIpc) is 3.42. The van der Waals surface area contributed by atoms with E-state index in [9.17, 15) is 19.0 Å². The van der Waals surface area contributed by atoms with Crippen LogP contribution in [-0.4, -0.2) is 49.3 Å². The van der Waals surface area contributed by atoms with Crippen LogP contribution >= 0.6 is 7.82 Å². The predicted octanol–water partition coefficient (Wildman–Crippen LogP) is 22.2. The Balaban J connectivity index is 3.72. The number of hydrogen-bond donors (Lipinski definition) is 2. The average molecular weight is 1110 g/mol. The smallest absolute Gasteiger partial charge is 0.462 e. The molecule has 3 N–H and O–H groups in total. The molecule has 0 aliphatic carbocycles. The number of ether oxygens (including phenoxy) is 2. The van der Waals surface area contributed by atoms with Crippen LogP contribution in [0.1, 0.15) is 386 Å². The quantitative estimate of drug-likeness (QED) is 0.0347. The predicted molar refractivity (Wildman–Crippen MR) is 331 cm³/mol. The maximum absolute atomic E-state index is 12.7. The number of carbonyl (C=O) groups is 2. The summed E-state index contributed by atoms with van der Waals surface area (Å²) in [7, 11) is -4.38. The Hall–Kier alpha value is -0.990. The van der Waals surface area contributed by atoms with Crippen LogP contribution < -0.4 is 5.73 Å². The van der Waals surface area contributed by atoms with Gasteiger partial charge in [-0.15, -0.1) is 0 Å². The highest BCUT2D eigenvalue weighted by Crippen LogP contribution is 2.43. The molecule has 0 aromatic rings. The van der Waals surface area contributed by atoms with E-state index < -0.39 is 26.5 Å². The Morgan fingerprint density at radius 2 is 0.558 bits per heavy atom. The molecule has 0 aliphatic rings. The molecule has 2 atom stereocenters. The van der Waals surface area contributed by atoms with Crippen molar-refractivity contribution in [3.05, 3.63) is 0 Å². The van der Waals surface area contributed by atoms with Gasteiger partial charge in [-0.2, -0.15) is 0 Å². The summed E-state index contributed by atoms with van der Waals surface area (Å²) in [5, 5.41) is 0. The number of nitrogens with two attached hydrogens (primary N) is 1. The van der Waals surface area contributed by atoms with Crippen molar-refractivity contribution >= 4 is 19.8 Å². The van der Waals surface area contributed by atoms with E-state index in [0.29, 0.717) is 6.42 Å². The van der Waals surface area contributed by atoms with Gasteiger partial charge in [-0.3, -0.25) is 18.6 Å². The molecular weight excluding hydrogens is 978 g/mol. The summed E-state index contributed by atoms with van der Waals surface area (Å²) in [6, 6.07) is 0. The number of phosphoric ester groups is 1. The van der Waals surface area contributed by atoms with Gasteiger partial charge >= 0.3 is 19.8 Å². The lowest BCUT2D eigenvalue weighted by Crippen LogP contribution is -2.29. The molecule has 460 valence electrons. The van der Waals surface area contributed by atoms with Crippen LogP contribution in [-0.2, 0) is 32.7 Å². The number of esters is 2. The zero-order valence-electron chi connectivity index (χ0n) is 51.7. The maximum atomic E-state index is 12.7. The van der Waals surface area contributed by atoms with Gasteiger partial charge in [0.25, 0.3) is 0 Å². The van der Waals surface area contributed by atoms with Gasteiger partial charge in [0.15, 0.2) is 6.10 Å². The summed E-state index contributed by atoms with van der Waals surface area (Å²) >= 11 is 0. The van der Waals surface area contributed by atoms with E-state index in [2.05, 4.69) is 13.8 Å². The van der Waals surface area contributed by atoms with E-state index in [1.165, 1.54) is 321 Å².